The maximum atomic E-state index is 5.48. The summed E-state index contributed by atoms with van der Waals surface area (Å²) in [6, 6.07) is 0.768. The summed E-state index contributed by atoms with van der Waals surface area (Å²) >= 11 is 0. The molecule has 0 unspecified atom stereocenters. The Labute approximate surface area is 140 Å². The summed E-state index contributed by atoms with van der Waals surface area (Å²) in [5.41, 5.74) is 2.80. The highest BCUT2D eigenvalue weighted by atomic mass is 16.5. The summed E-state index contributed by atoms with van der Waals surface area (Å²) in [4.78, 5) is 5.04. The van der Waals surface area contributed by atoms with Crippen LogP contribution in [-0.2, 0) is 11.3 Å². The van der Waals surface area contributed by atoms with Crippen molar-refractivity contribution in [2.24, 2.45) is 0 Å². The summed E-state index contributed by atoms with van der Waals surface area (Å²) < 4.78 is 5.48. The largest absolute Gasteiger partial charge is 0.379 e. The van der Waals surface area contributed by atoms with Crippen molar-refractivity contribution in [2.45, 2.75) is 57.5 Å². The van der Waals surface area contributed by atoms with Gasteiger partial charge < -0.3 is 9.64 Å². The van der Waals surface area contributed by atoms with Crippen LogP contribution in [0.15, 0.2) is 6.20 Å². The first-order valence-electron chi connectivity index (χ1n) is 9.30. The van der Waals surface area contributed by atoms with Crippen molar-refractivity contribution < 1.29 is 4.74 Å². The zero-order chi connectivity index (χ0) is 16.1. The van der Waals surface area contributed by atoms with Gasteiger partial charge in [-0.15, -0.1) is 0 Å². The van der Waals surface area contributed by atoms with Gasteiger partial charge in [-0.2, -0.15) is 5.10 Å². The predicted molar refractivity (Wildman–Crippen MR) is 92.6 cm³/mol. The molecular formula is C18H32N4O. The van der Waals surface area contributed by atoms with Gasteiger partial charge in [0.25, 0.3) is 0 Å². The molecule has 2 aliphatic rings. The monoisotopic (exact) mass is 320 g/mol. The minimum Gasteiger partial charge on any atom is -0.379 e. The number of nitrogens with one attached hydrogen (secondary N) is 1. The summed E-state index contributed by atoms with van der Waals surface area (Å²) in [5.74, 6) is 0.666. The number of hydrogen-bond donors (Lipinski definition) is 1. The number of morpholine rings is 1. The van der Waals surface area contributed by atoms with Crippen molar-refractivity contribution in [1.82, 2.24) is 20.0 Å². The molecule has 3 rings (SSSR count). The number of aromatic amines is 1. The van der Waals surface area contributed by atoms with Gasteiger partial charge in [0.1, 0.15) is 0 Å². The highest BCUT2D eigenvalue weighted by Crippen LogP contribution is 2.35. The molecule has 0 aromatic carbocycles. The Kier molecular flexibility index (Phi) is 6.08. The van der Waals surface area contributed by atoms with Crippen LogP contribution in [0.3, 0.4) is 0 Å². The molecule has 0 spiro atoms. The Bertz CT molecular complexity index is 461. The molecule has 2 fully saturated rings. The van der Waals surface area contributed by atoms with Gasteiger partial charge in [-0.05, 0) is 45.7 Å². The minimum atomic E-state index is 0.666. The SMILES string of the molecule is CCCN(C)Cc1cn[nH]c1C1CCC(N2CCOCC2)CC1. The van der Waals surface area contributed by atoms with Crippen LogP contribution in [0.4, 0.5) is 0 Å². The van der Waals surface area contributed by atoms with Crippen LogP contribution in [0.5, 0.6) is 0 Å². The van der Waals surface area contributed by atoms with Crippen molar-refractivity contribution >= 4 is 0 Å². The lowest BCUT2D eigenvalue weighted by Gasteiger charge is -2.38. The van der Waals surface area contributed by atoms with Gasteiger partial charge >= 0.3 is 0 Å². The fourth-order valence-corrected chi connectivity index (χ4v) is 4.22. The Hall–Kier alpha value is -0.910. The van der Waals surface area contributed by atoms with E-state index < -0.39 is 0 Å². The first-order chi connectivity index (χ1) is 11.3. The molecule has 0 bridgehead atoms. The van der Waals surface area contributed by atoms with Gasteiger partial charge in [0.05, 0.1) is 19.4 Å². The summed E-state index contributed by atoms with van der Waals surface area (Å²) in [6.07, 6.45) is 8.44. The lowest BCUT2D eigenvalue weighted by atomic mass is 9.82. The fraction of sp³-hybridized carbons (Fsp3) is 0.833. The fourth-order valence-electron chi connectivity index (χ4n) is 4.22. The van der Waals surface area contributed by atoms with E-state index in [4.69, 9.17) is 4.74 Å². The molecule has 130 valence electrons. The van der Waals surface area contributed by atoms with Gasteiger partial charge in [0, 0.05) is 42.9 Å². The number of rotatable bonds is 6. The Morgan fingerprint density at radius 3 is 2.70 bits per heavy atom. The van der Waals surface area contributed by atoms with Crippen LogP contribution >= 0.6 is 0 Å². The van der Waals surface area contributed by atoms with Crippen LogP contribution < -0.4 is 0 Å². The zero-order valence-corrected chi connectivity index (χ0v) is 14.8. The minimum absolute atomic E-state index is 0.666. The molecule has 1 aliphatic heterocycles. The van der Waals surface area contributed by atoms with Crippen LogP contribution in [0.25, 0.3) is 0 Å². The normalized spacial score (nSPS) is 26.7. The van der Waals surface area contributed by atoms with E-state index in [2.05, 4.69) is 34.0 Å². The average Bonchev–Trinajstić information content (AvgIpc) is 3.04. The molecule has 1 aromatic heterocycles. The third-order valence-electron chi connectivity index (χ3n) is 5.46. The Morgan fingerprint density at radius 1 is 1.26 bits per heavy atom. The van der Waals surface area contributed by atoms with Crippen molar-refractivity contribution in [1.29, 1.82) is 0 Å². The van der Waals surface area contributed by atoms with E-state index >= 15 is 0 Å². The number of nitrogens with zero attached hydrogens (tertiary/aromatic N) is 3. The predicted octanol–water partition coefficient (Wildman–Crippen LogP) is 2.61. The second-order valence-electron chi connectivity index (χ2n) is 7.20. The first kappa shape index (κ1) is 16.9. The van der Waals surface area contributed by atoms with Gasteiger partial charge in [0.15, 0.2) is 0 Å². The second kappa shape index (κ2) is 8.27. The van der Waals surface area contributed by atoms with Crippen molar-refractivity contribution in [3.63, 3.8) is 0 Å². The van der Waals surface area contributed by atoms with E-state index in [1.807, 2.05) is 6.20 Å². The van der Waals surface area contributed by atoms with Crippen LogP contribution in [0.1, 0.15) is 56.2 Å². The van der Waals surface area contributed by atoms with Gasteiger partial charge in [-0.25, -0.2) is 0 Å². The molecule has 5 heteroatoms. The molecule has 1 saturated carbocycles. The number of ether oxygens (including phenoxy) is 1. The molecule has 1 N–H and O–H groups in total. The van der Waals surface area contributed by atoms with Crippen LogP contribution in [0.2, 0.25) is 0 Å². The van der Waals surface area contributed by atoms with E-state index in [1.165, 1.54) is 43.4 Å². The number of hydrogen-bond acceptors (Lipinski definition) is 4. The highest BCUT2D eigenvalue weighted by Gasteiger charge is 2.29. The van der Waals surface area contributed by atoms with Crippen molar-refractivity contribution in [2.75, 3.05) is 39.9 Å². The molecule has 0 atom stereocenters. The quantitative estimate of drug-likeness (QED) is 0.875. The molecular weight excluding hydrogens is 288 g/mol. The van der Waals surface area contributed by atoms with Crippen molar-refractivity contribution in [3.05, 3.63) is 17.5 Å². The second-order valence-corrected chi connectivity index (χ2v) is 7.20. The third-order valence-corrected chi connectivity index (χ3v) is 5.46. The molecule has 2 heterocycles. The van der Waals surface area contributed by atoms with E-state index in [9.17, 15) is 0 Å². The third kappa shape index (κ3) is 4.34. The summed E-state index contributed by atoms with van der Waals surface area (Å²) in [7, 11) is 2.20. The molecule has 1 saturated heterocycles. The molecule has 0 amide bonds. The Balaban J connectivity index is 1.54. The highest BCUT2D eigenvalue weighted by molar-refractivity contribution is 5.21. The van der Waals surface area contributed by atoms with Gasteiger partial charge in [-0.1, -0.05) is 6.92 Å². The van der Waals surface area contributed by atoms with E-state index in [0.29, 0.717) is 5.92 Å². The first-order valence-corrected chi connectivity index (χ1v) is 9.30. The van der Waals surface area contributed by atoms with E-state index in [1.54, 1.807) is 0 Å². The average molecular weight is 320 g/mol. The lowest BCUT2D eigenvalue weighted by molar-refractivity contribution is 0.00718. The zero-order valence-electron chi connectivity index (χ0n) is 14.8. The molecule has 23 heavy (non-hydrogen) atoms. The topological polar surface area (TPSA) is 44.4 Å². The summed E-state index contributed by atoms with van der Waals surface area (Å²) in [6.45, 7) is 8.46. The number of aromatic nitrogens is 2. The molecule has 1 aromatic rings. The maximum Gasteiger partial charge on any atom is 0.0594 e. The van der Waals surface area contributed by atoms with E-state index in [-0.39, 0.29) is 0 Å². The Morgan fingerprint density at radius 2 is 2.00 bits per heavy atom. The standard InChI is InChI=1S/C18H32N4O/c1-3-8-21(2)14-16-13-19-20-18(16)15-4-6-17(7-5-15)22-9-11-23-12-10-22/h13,15,17H,3-12,14H2,1-2H3,(H,19,20). The summed E-state index contributed by atoms with van der Waals surface area (Å²) in [5, 5.41) is 7.65. The van der Waals surface area contributed by atoms with Crippen LogP contribution in [0, 0.1) is 0 Å². The molecule has 0 radical (unpaired) electrons. The lowest BCUT2D eigenvalue weighted by Crippen LogP contribution is -2.44. The van der Waals surface area contributed by atoms with Crippen molar-refractivity contribution in [3.8, 4) is 0 Å². The molecule has 5 nitrogen and oxygen atoms in total. The maximum absolute atomic E-state index is 5.48. The van der Waals surface area contributed by atoms with Gasteiger partial charge in [-0.3, -0.25) is 10.00 Å². The van der Waals surface area contributed by atoms with Gasteiger partial charge in [0.2, 0.25) is 0 Å². The van der Waals surface area contributed by atoms with Crippen LogP contribution in [-0.4, -0.2) is 65.9 Å². The number of H-pyrrole nitrogens is 1. The van der Waals surface area contributed by atoms with E-state index in [0.717, 1.165) is 45.4 Å². The smallest absolute Gasteiger partial charge is 0.0594 e. The molecule has 1 aliphatic carbocycles.